The summed E-state index contributed by atoms with van der Waals surface area (Å²) in [6.07, 6.45) is 2.16. The van der Waals surface area contributed by atoms with Gasteiger partial charge >= 0.3 is 0 Å². The van der Waals surface area contributed by atoms with Crippen LogP contribution in [0.15, 0.2) is 23.1 Å². The predicted octanol–water partition coefficient (Wildman–Crippen LogP) is 2.01. The lowest BCUT2D eigenvalue weighted by molar-refractivity contribution is 0.550. The first kappa shape index (κ1) is 15.4. The van der Waals surface area contributed by atoms with Gasteiger partial charge in [0.1, 0.15) is 5.82 Å². The van der Waals surface area contributed by atoms with Gasteiger partial charge in [0.15, 0.2) is 0 Å². The van der Waals surface area contributed by atoms with Crippen molar-refractivity contribution in [1.29, 1.82) is 0 Å². The molecule has 0 radical (unpaired) electrons. The number of hydrogen-bond donors (Lipinski definition) is 2. The number of nitrogens with one attached hydrogen (secondary N) is 2. The van der Waals surface area contributed by atoms with Crippen molar-refractivity contribution in [2.45, 2.75) is 44.2 Å². The third-order valence-electron chi connectivity index (χ3n) is 3.29. The molecule has 6 heteroatoms. The fourth-order valence-corrected chi connectivity index (χ4v) is 2.97. The van der Waals surface area contributed by atoms with Gasteiger partial charge in [0, 0.05) is 24.7 Å². The van der Waals surface area contributed by atoms with Crippen LogP contribution in [0.3, 0.4) is 0 Å². The van der Waals surface area contributed by atoms with Crippen LogP contribution in [-0.2, 0) is 16.6 Å². The fraction of sp³-hybridized carbons (Fsp3) is 0.571. The molecule has 0 atom stereocenters. The summed E-state index contributed by atoms with van der Waals surface area (Å²) in [5, 5.41) is 3.09. The Labute approximate surface area is 119 Å². The van der Waals surface area contributed by atoms with Gasteiger partial charge in [-0.2, -0.15) is 0 Å². The van der Waals surface area contributed by atoms with Crippen molar-refractivity contribution in [2.24, 2.45) is 5.92 Å². The van der Waals surface area contributed by atoms with Crippen LogP contribution in [-0.4, -0.2) is 21.0 Å². The second-order valence-corrected chi connectivity index (χ2v) is 7.35. The molecule has 112 valence electrons. The second kappa shape index (κ2) is 6.20. The standard InChI is InChI=1S/C14H21FN2O2S/c1-10(2)16-9-12-7-13(5-6-14(12)15)20(18,19)17-8-11-3-4-11/h5-7,10-11,16-17H,3-4,8-9H2,1-2H3. The highest BCUT2D eigenvalue weighted by molar-refractivity contribution is 7.89. The molecule has 0 unspecified atom stereocenters. The molecule has 0 aliphatic heterocycles. The molecule has 1 fully saturated rings. The largest absolute Gasteiger partial charge is 0.310 e. The number of halogens is 1. The second-order valence-electron chi connectivity index (χ2n) is 5.58. The average molecular weight is 300 g/mol. The van der Waals surface area contributed by atoms with Crippen LogP contribution in [0, 0.1) is 11.7 Å². The average Bonchev–Trinajstić information content (AvgIpc) is 3.19. The summed E-state index contributed by atoms with van der Waals surface area (Å²) in [5.74, 6) is 0.0756. The Bertz CT molecular complexity index is 569. The van der Waals surface area contributed by atoms with Gasteiger partial charge in [-0.1, -0.05) is 13.8 Å². The maximum absolute atomic E-state index is 13.7. The van der Waals surface area contributed by atoms with Gasteiger partial charge in [-0.25, -0.2) is 17.5 Å². The van der Waals surface area contributed by atoms with Gasteiger partial charge in [-0.3, -0.25) is 0 Å². The highest BCUT2D eigenvalue weighted by Crippen LogP contribution is 2.28. The van der Waals surface area contributed by atoms with Crippen molar-refractivity contribution >= 4 is 10.0 Å². The van der Waals surface area contributed by atoms with Gasteiger partial charge in [0.2, 0.25) is 10.0 Å². The molecule has 0 heterocycles. The molecule has 0 amide bonds. The van der Waals surface area contributed by atoms with E-state index in [1.165, 1.54) is 18.2 Å². The zero-order valence-electron chi connectivity index (χ0n) is 11.8. The minimum Gasteiger partial charge on any atom is -0.310 e. The van der Waals surface area contributed by atoms with E-state index in [0.717, 1.165) is 12.8 Å². The molecule has 1 saturated carbocycles. The van der Waals surface area contributed by atoms with Gasteiger partial charge in [0.05, 0.1) is 4.90 Å². The van der Waals surface area contributed by atoms with Crippen molar-refractivity contribution in [1.82, 2.24) is 10.0 Å². The molecule has 1 aliphatic rings. The summed E-state index contributed by atoms with van der Waals surface area (Å²) < 4.78 is 40.5. The number of rotatable bonds is 7. The van der Waals surface area contributed by atoms with Crippen molar-refractivity contribution in [3.8, 4) is 0 Å². The van der Waals surface area contributed by atoms with E-state index in [1.54, 1.807) is 0 Å². The maximum atomic E-state index is 13.7. The first-order chi connectivity index (χ1) is 9.38. The molecule has 20 heavy (non-hydrogen) atoms. The topological polar surface area (TPSA) is 58.2 Å². The predicted molar refractivity (Wildman–Crippen MR) is 76.3 cm³/mol. The van der Waals surface area contributed by atoms with Gasteiger partial charge < -0.3 is 5.32 Å². The van der Waals surface area contributed by atoms with E-state index in [1.807, 2.05) is 13.8 Å². The zero-order valence-corrected chi connectivity index (χ0v) is 12.6. The summed E-state index contributed by atoms with van der Waals surface area (Å²) in [4.78, 5) is 0.125. The van der Waals surface area contributed by atoms with E-state index < -0.39 is 10.0 Å². The molecule has 0 aromatic heterocycles. The van der Waals surface area contributed by atoms with Crippen LogP contribution >= 0.6 is 0 Å². The molecule has 4 nitrogen and oxygen atoms in total. The summed E-state index contributed by atoms with van der Waals surface area (Å²) in [7, 11) is -3.54. The molecule has 1 aliphatic carbocycles. The van der Waals surface area contributed by atoms with Crippen LogP contribution in [0.4, 0.5) is 4.39 Å². The third-order valence-corrected chi connectivity index (χ3v) is 4.71. The Hall–Kier alpha value is -0.980. The lowest BCUT2D eigenvalue weighted by Crippen LogP contribution is -2.26. The molecular weight excluding hydrogens is 279 g/mol. The van der Waals surface area contributed by atoms with Gasteiger partial charge in [-0.05, 0) is 37.0 Å². The van der Waals surface area contributed by atoms with Crippen LogP contribution in [0.2, 0.25) is 0 Å². The molecule has 1 aromatic rings. The number of sulfonamides is 1. The molecular formula is C14H21FN2O2S. The molecule has 2 rings (SSSR count). The molecule has 0 bridgehead atoms. The van der Waals surface area contributed by atoms with Crippen LogP contribution in [0.5, 0.6) is 0 Å². The van der Waals surface area contributed by atoms with Crippen molar-refractivity contribution < 1.29 is 12.8 Å². The smallest absolute Gasteiger partial charge is 0.240 e. The van der Waals surface area contributed by atoms with E-state index in [2.05, 4.69) is 10.0 Å². The van der Waals surface area contributed by atoms with E-state index in [-0.39, 0.29) is 16.8 Å². The maximum Gasteiger partial charge on any atom is 0.240 e. The van der Waals surface area contributed by atoms with E-state index in [0.29, 0.717) is 24.6 Å². The Morgan fingerprint density at radius 3 is 2.65 bits per heavy atom. The molecule has 1 aromatic carbocycles. The Balaban J connectivity index is 2.12. The summed E-state index contributed by atoms with van der Waals surface area (Å²) in [6, 6.07) is 4.13. The lowest BCUT2D eigenvalue weighted by Gasteiger charge is -2.11. The fourth-order valence-electron chi connectivity index (χ4n) is 1.80. The Morgan fingerprint density at radius 2 is 2.05 bits per heavy atom. The Kier molecular flexibility index (Phi) is 4.78. The molecule has 0 saturated heterocycles. The van der Waals surface area contributed by atoms with Crippen LogP contribution < -0.4 is 10.0 Å². The zero-order chi connectivity index (χ0) is 14.8. The SMILES string of the molecule is CC(C)NCc1cc(S(=O)(=O)NCC2CC2)ccc1F. The quantitative estimate of drug-likeness (QED) is 0.810. The van der Waals surface area contributed by atoms with Crippen molar-refractivity contribution in [3.05, 3.63) is 29.6 Å². The minimum atomic E-state index is -3.54. The van der Waals surface area contributed by atoms with Crippen molar-refractivity contribution in [2.75, 3.05) is 6.54 Å². The summed E-state index contributed by atoms with van der Waals surface area (Å²) in [5.41, 5.74) is 0.369. The number of hydrogen-bond acceptors (Lipinski definition) is 3. The van der Waals surface area contributed by atoms with Gasteiger partial charge in [-0.15, -0.1) is 0 Å². The Morgan fingerprint density at radius 1 is 1.35 bits per heavy atom. The third kappa shape index (κ3) is 4.26. The highest BCUT2D eigenvalue weighted by atomic mass is 32.2. The first-order valence-corrected chi connectivity index (χ1v) is 8.38. The van der Waals surface area contributed by atoms with Crippen LogP contribution in [0.25, 0.3) is 0 Å². The van der Waals surface area contributed by atoms with E-state index >= 15 is 0 Å². The van der Waals surface area contributed by atoms with Crippen molar-refractivity contribution in [3.63, 3.8) is 0 Å². The summed E-state index contributed by atoms with van der Waals surface area (Å²) in [6.45, 7) is 4.69. The molecule has 0 spiro atoms. The molecule has 2 N–H and O–H groups in total. The summed E-state index contributed by atoms with van der Waals surface area (Å²) >= 11 is 0. The van der Waals surface area contributed by atoms with Crippen LogP contribution in [0.1, 0.15) is 32.3 Å². The number of benzene rings is 1. The first-order valence-electron chi connectivity index (χ1n) is 6.90. The lowest BCUT2D eigenvalue weighted by atomic mass is 10.2. The monoisotopic (exact) mass is 300 g/mol. The minimum absolute atomic E-state index is 0.125. The van der Waals surface area contributed by atoms with E-state index in [4.69, 9.17) is 0 Å². The normalized spacial score (nSPS) is 15.8. The highest BCUT2D eigenvalue weighted by Gasteiger charge is 2.24. The van der Waals surface area contributed by atoms with E-state index in [9.17, 15) is 12.8 Å². The van der Waals surface area contributed by atoms with Gasteiger partial charge in [0.25, 0.3) is 0 Å².